The molecule has 122 valence electrons. The maximum atomic E-state index is 12.9. The Morgan fingerprint density at radius 2 is 1.91 bits per heavy atom. The van der Waals surface area contributed by atoms with Gasteiger partial charge < -0.3 is 9.42 Å². The molecule has 1 aliphatic rings. The minimum Gasteiger partial charge on any atom is -0.338 e. The molecular formula is C16H19FN4O2. The lowest BCUT2D eigenvalue weighted by atomic mass is 10.2. The molecule has 23 heavy (non-hydrogen) atoms. The third-order valence-corrected chi connectivity index (χ3v) is 3.94. The Labute approximate surface area is 133 Å². The molecule has 0 N–H and O–H groups in total. The van der Waals surface area contributed by atoms with Crippen molar-refractivity contribution in [1.82, 2.24) is 19.9 Å². The van der Waals surface area contributed by atoms with Gasteiger partial charge in [-0.05, 0) is 24.3 Å². The molecule has 0 bridgehead atoms. The molecule has 1 saturated heterocycles. The second kappa shape index (κ2) is 6.87. The Morgan fingerprint density at radius 3 is 2.52 bits per heavy atom. The van der Waals surface area contributed by atoms with Crippen LogP contribution in [0.3, 0.4) is 0 Å². The highest BCUT2D eigenvalue weighted by Gasteiger charge is 2.23. The van der Waals surface area contributed by atoms with Crippen molar-refractivity contribution in [1.29, 1.82) is 0 Å². The highest BCUT2D eigenvalue weighted by molar-refractivity contribution is 5.94. The molecule has 7 heteroatoms. The Kier molecular flexibility index (Phi) is 4.66. The van der Waals surface area contributed by atoms with E-state index in [1.165, 1.54) is 24.3 Å². The number of halogens is 1. The van der Waals surface area contributed by atoms with E-state index in [1.54, 1.807) is 4.90 Å². The second-order valence-corrected chi connectivity index (χ2v) is 5.53. The van der Waals surface area contributed by atoms with E-state index in [-0.39, 0.29) is 11.7 Å². The van der Waals surface area contributed by atoms with Crippen molar-refractivity contribution in [2.45, 2.75) is 19.9 Å². The fourth-order valence-electron chi connectivity index (χ4n) is 2.57. The maximum absolute atomic E-state index is 12.9. The summed E-state index contributed by atoms with van der Waals surface area (Å²) in [5.41, 5.74) is 0.518. The van der Waals surface area contributed by atoms with Gasteiger partial charge in [0.1, 0.15) is 5.82 Å². The van der Waals surface area contributed by atoms with Gasteiger partial charge in [-0.1, -0.05) is 12.1 Å². The van der Waals surface area contributed by atoms with Gasteiger partial charge >= 0.3 is 0 Å². The van der Waals surface area contributed by atoms with Crippen LogP contribution in [0.15, 0.2) is 28.8 Å². The first-order valence-electron chi connectivity index (χ1n) is 7.74. The first-order valence-corrected chi connectivity index (χ1v) is 7.74. The number of rotatable bonds is 4. The summed E-state index contributed by atoms with van der Waals surface area (Å²) in [7, 11) is 0. The van der Waals surface area contributed by atoms with Crippen LogP contribution >= 0.6 is 0 Å². The van der Waals surface area contributed by atoms with Crippen LogP contribution in [0.2, 0.25) is 0 Å². The number of aryl methyl sites for hydroxylation is 1. The summed E-state index contributed by atoms with van der Waals surface area (Å²) in [6.45, 7) is 5.34. The summed E-state index contributed by atoms with van der Waals surface area (Å²) in [4.78, 5) is 20.6. The van der Waals surface area contributed by atoms with Crippen LogP contribution < -0.4 is 0 Å². The van der Waals surface area contributed by atoms with Gasteiger partial charge in [0, 0.05) is 38.2 Å². The number of carbonyl (C=O) groups is 1. The molecule has 2 aromatic rings. The highest BCUT2D eigenvalue weighted by Crippen LogP contribution is 2.12. The maximum Gasteiger partial charge on any atom is 0.253 e. The summed E-state index contributed by atoms with van der Waals surface area (Å²) < 4.78 is 18.1. The van der Waals surface area contributed by atoms with E-state index in [0.29, 0.717) is 36.9 Å². The zero-order chi connectivity index (χ0) is 16.2. The number of hydrogen-bond donors (Lipinski definition) is 0. The van der Waals surface area contributed by atoms with Gasteiger partial charge in [-0.25, -0.2) is 4.39 Å². The third kappa shape index (κ3) is 3.73. The van der Waals surface area contributed by atoms with Crippen LogP contribution in [-0.2, 0) is 13.0 Å². The summed E-state index contributed by atoms with van der Waals surface area (Å²) in [5.74, 6) is 0.929. The number of nitrogens with zero attached hydrogens (tertiary/aromatic N) is 4. The fraction of sp³-hybridized carbons (Fsp3) is 0.438. The number of benzene rings is 1. The molecule has 3 rings (SSSR count). The quantitative estimate of drug-likeness (QED) is 0.859. The second-order valence-electron chi connectivity index (χ2n) is 5.53. The van der Waals surface area contributed by atoms with E-state index >= 15 is 0 Å². The average Bonchev–Trinajstić information content (AvgIpc) is 3.03. The van der Waals surface area contributed by atoms with Gasteiger partial charge in [-0.2, -0.15) is 4.98 Å². The van der Waals surface area contributed by atoms with Gasteiger partial charge in [0.2, 0.25) is 5.89 Å². The molecule has 0 spiro atoms. The van der Waals surface area contributed by atoms with Crippen LogP contribution in [0.4, 0.5) is 4.39 Å². The van der Waals surface area contributed by atoms with E-state index in [4.69, 9.17) is 4.52 Å². The minimum absolute atomic E-state index is 0.0595. The van der Waals surface area contributed by atoms with Crippen molar-refractivity contribution >= 4 is 5.91 Å². The molecule has 0 saturated carbocycles. The Hall–Kier alpha value is -2.28. The van der Waals surface area contributed by atoms with Crippen molar-refractivity contribution in [3.05, 3.63) is 47.4 Å². The first-order chi connectivity index (χ1) is 11.2. The molecule has 1 aromatic heterocycles. The number of amides is 1. The lowest BCUT2D eigenvalue weighted by Crippen LogP contribution is -2.48. The summed E-state index contributed by atoms with van der Waals surface area (Å²) >= 11 is 0. The van der Waals surface area contributed by atoms with Crippen LogP contribution in [0.1, 0.15) is 29.0 Å². The van der Waals surface area contributed by atoms with E-state index < -0.39 is 0 Å². The van der Waals surface area contributed by atoms with Crippen molar-refractivity contribution in [2.24, 2.45) is 0 Å². The van der Waals surface area contributed by atoms with Gasteiger partial charge in [0.15, 0.2) is 5.82 Å². The summed E-state index contributed by atoms with van der Waals surface area (Å²) in [6.07, 6.45) is 0.753. The van der Waals surface area contributed by atoms with Crippen molar-refractivity contribution in [3.63, 3.8) is 0 Å². The monoisotopic (exact) mass is 318 g/mol. The zero-order valence-electron chi connectivity index (χ0n) is 13.0. The normalized spacial score (nSPS) is 15.8. The van der Waals surface area contributed by atoms with Gasteiger partial charge in [0.25, 0.3) is 5.91 Å². The van der Waals surface area contributed by atoms with Crippen molar-refractivity contribution in [2.75, 3.05) is 26.2 Å². The third-order valence-electron chi connectivity index (χ3n) is 3.94. The molecule has 2 heterocycles. The van der Waals surface area contributed by atoms with E-state index in [9.17, 15) is 9.18 Å². The minimum atomic E-state index is -0.336. The van der Waals surface area contributed by atoms with Crippen LogP contribution in [0, 0.1) is 5.82 Å². The molecule has 0 aliphatic carbocycles. The highest BCUT2D eigenvalue weighted by atomic mass is 19.1. The lowest BCUT2D eigenvalue weighted by molar-refractivity contribution is 0.0615. The Balaban J connectivity index is 1.53. The smallest absolute Gasteiger partial charge is 0.253 e. The zero-order valence-corrected chi connectivity index (χ0v) is 13.0. The molecular weight excluding hydrogens is 299 g/mol. The molecule has 1 amide bonds. The summed E-state index contributed by atoms with van der Waals surface area (Å²) in [6, 6.07) is 5.66. The van der Waals surface area contributed by atoms with Crippen LogP contribution in [0.5, 0.6) is 0 Å². The number of piperazine rings is 1. The van der Waals surface area contributed by atoms with Crippen molar-refractivity contribution < 1.29 is 13.7 Å². The van der Waals surface area contributed by atoms with E-state index in [1.807, 2.05) is 6.92 Å². The Bertz CT molecular complexity index is 663. The average molecular weight is 318 g/mol. The van der Waals surface area contributed by atoms with E-state index in [0.717, 1.165) is 19.5 Å². The largest absolute Gasteiger partial charge is 0.338 e. The fourth-order valence-corrected chi connectivity index (χ4v) is 2.57. The molecule has 0 atom stereocenters. The summed E-state index contributed by atoms with van der Waals surface area (Å²) in [5, 5.41) is 3.88. The molecule has 1 aliphatic heterocycles. The molecule has 6 nitrogen and oxygen atoms in total. The Morgan fingerprint density at radius 1 is 1.22 bits per heavy atom. The molecule has 0 unspecified atom stereocenters. The van der Waals surface area contributed by atoms with Gasteiger partial charge in [-0.15, -0.1) is 0 Å². The number of hydrogen-bond acceptors (Lipinski definition) is 5. The van der Waals surface area contributed by atoms with Crippen LogP contribution in [-0.4, -0.2) is 52.0 Å². The molecule has 1 fully saturated rings. The van der Waals surface area contributed by atoms with Crippen LogP contribution in [0.25, 0.3) is 0 Å². The predicted octanol–water partition coefficient (Wildman–Crippen LogP) is 1.73. The number of carbonyl (C=O) groups excluding carboxylic acids is 1. The lowest BCUT2D eigenvalue weighted by Gasteiger charge is -2.34. The SMILES string of the molecule is CCc1noc(CN2CCN(C(=O)c3ccc(F)cc3)CC2)n1. The number of aromatic nitrogens is 2. The standard InChI is InChI=1S/C16H19FN4O2/c1-2-14-18-15(23-19-14)11-20-7-9-21(10-8-20)16(22)12-3-5-13(17)6-4-12/h3-6H,2,7-11H2,1H3. The van der Waals surface area contributed by atoms with Gasteiger partial charge in [0.05, 0.1) is 6.54 Å². The van der Waals surface area contributed by atoms with Crippen molar-refractivity contribution in [3.8, 4) is 0 Å². The molecule has 0 radical (unpaired) electrons. The molecule has 1 aromatic carbocycles. The topological polar surface area (TPSA) is 62.5 Å². The first kappa shape index (κ1) is 15.6. The van der Waals surface area contributed by atoms with E-state index in [2.05, 4.69) is 15.0 Å². The van der Waals surface area contributed by atoms with Gasteiger partial charge in [-0.3, -0.25) is 9.69 Å². The predicted molar refractivity (Wildman–Crippen MR) is 81.3 cm³/mol.